The summed E-state index contributed by atoms with van der Waals surface area (Å²) in [5.41, 5.74) is 3.67. The van der Waals surface area contributed by atoms with E-state index in [2.05, 4.69) is 48.2 Å². The van der Waals surface area contributed by atoms with Crippen LogP contribution in [0, 0.1) is 12.8 Å². The van der Waals surface area contributed by atoms with Crippen LogP contribution in [0.1, 0.15) is 36.4 Å². The van der Waals surface area contributed by atoms with E-state index < -0.39 is 0 Å². The van der Waals surface area contributed by atoms with E-state index in [4.69, 9.17) is 11.6 Å². The third kappa shape index (κ3) is 2.55. The third-order valence-electron chi connectivity index (χ3n) is 5.28. The van der Waals surface area contributed by atoms with E-state index in [1.165, 1.54) is 16.8 Å². The van der Waals surface area contributed by atoms with Gasteiger partial charge in [0.2, 0.25) is 0 Å². The van der Waals surface area contributed by atoms with Crippen LogP contribution in [0.25, 0.3) is 0 Å². The summed E-state index contributed by atoms with van der Waals surface area (Å²) < 4.78 is 0. The lowest BCUT2D eigenvalue weighted by atomic mass is 9.71. The van der Waals surface area contributed by atoms with Crippen LogP contribution in [0.15, 0.2) is 48.5 Å². The molecular weight excluding hydrogens is 306 g/mol. The second kappa shape index (κ2) is 5.68. The molecule has 2 bridgehead atoms. The number of benzene rings is 2. The van der Waals surface area contributed by atoms with E-state index in [0.29, 0.717) is 18.2 Å². The quantitative estimate of drug-likeness (QED) is 0.778. The lowest BCUT2D eigenvalue weighted by molar-refractivity contribution is -0.128. The van der Waals surface area contributed by atoms with Crippen molar-refractivity contribution in [3.05, 3.63) is 64.7 Å². The average Bonchev–Trinajstić information content (AvgIpc) is 2.56. The van der Waals surface area contributed by atoms with Gasteiger partial charge in [0.05, 0.1) is 6.04 Å². The minimum Gasteiger partial charge on any atom is -0.360 e. The maximum atomic E-state index is 12.5. The summed E-state index contributed by atoms with van der Waals surface area (Å²) in [6, 6.07) is 17.1. The first-order valence-electron chi connectivity index (χ1n) is 8.26. The second-order valence-electron chi connectivity index (χ2n) is 6.75. The predicted molar refractivity (Wildman–Crippen MR) is 94.0 cm³/mol. The van der Waals surface area contributed by atoms with Crippen LogP contribution in [0.5, 0.6) is 0 Å². The highest BCUT2D eigenvalue weighted by molar-refractivity contribution is 6.30. The van der Waals surface area contributed by atoms with Crippen molar-refractivity contribution in [3.63, 3.8) is 0 Å². The fourth-order valence-electron chi connectivity index (χ4n) is 4.15. The van der Waals surface area contributed by atoms with Crippen LogP contribution in [0.2, 0.25) is 5.02 Å². The van der Waals surface area contributed by atoms with E-state index in [9.17, 15) is 4.79 Å². The Kier molecular flexibility index (Phi) is 3.65. The molecule has 1 aliphatic carbocycles. The van der Waals surface area contributed by atoms with Crippen molar-refractivity contribution >= 4 is 23.1 Å². The molecule has 0 amide bonds. The predicted octanol–water partition coefficient (Wildman–Crippen LogP) is 4.95. The summed E-state index contributed by atoms with van der Waals surface area (Å²) in [7, 11) is 0. The molecule has 0 aromatic heterocycles. The van der Waals surface area contributed by atoms with Gasteiger partial charge in [-0.15, -0.1) is 0 Å². The van der Waals surface area contributed by atoms with Crippen LogP contribution in [-0.2, 0) is 4.79 Å². The van der Waals surface area contributed by atoms with Gasteiger partial charge in [0.25, 0.3) is 0 Å². The summed E-state index contributed by atoms with van der Waals surface area (Å²) in [6.07, 6.45) is 2.79. The number of hydrogen-bond donors (Lipinski definition) is 0. The van der Waals surface area contributed by atoms with Gasteiger partial charge in [-0.05, 0) is 49.6 Å². The van der Waals surface area contributed by atoms with Crippen LogP contribution in [-0.4, -0.2) is 11.8 Å². The summed E-state index contributed by atoms with van der Waals surface area (Å²) in [4.78, 5) is 15.0. The molecular formula is C20H20ClNO. The molecule has 0 spiro atoms. The maximum Gasteiger partial charge on any atom is 0.140 e. The lowest BCUT2D eigenvalue weighted by Gasteiger charge is -2.52. The zero-order chi connectivity index (χ0) is 16.0. The van der Waals surface area contributed by atoms with E-state index in [-0.39, 0.29) is 12.0 Å². The number of Topliss-reactive ketones (excluding diaryl/α,β-unsaturated/α-hetero) is 1. The molecule has 0 N–H and O–H groups in total. The van der Waals surface area contributed by atoms with Gasteiger partial charge in [-0.3, -0.25) is 4.79 Å². The highest BCUT2D eigenvalue weighted by Gasteiger charge is 2.47. The first-order valence-corrected chi connectivity index (χ1v) is 8.64. The SMILES string of the molecule is Cc1ccc(N2[C@@H]3CC[C@@H](C(=O)C3)[C@H]2c2ccc(Cl)cc2)cc1. The van der Waals surface area contributed by atoms with Gasteiger partial charge in [0.1, 0.15) is 5.78 Å². The van der Waals surface area contributed by atoms with Crippen molar-refractivity contribution in [2.45, 2.75) is 38.3 Å². The van der Waals surface area contributed by atoms with Gasteiger partial charge in [-0.1, -0.05) is 41.4 Å². The van der Waals surface area contributed by atoms with Crippen molar-refractivity contribution in [2.75, 3.05) is 4.90 Å². The number of piperidine rings is 2. The number of anilines is 1. The molecule has 5 rings (SSSR count). The van der Waals surface area contributed by atoms with Crippen LogP contribution < -0.4 is 4.90 Å². The lowest BCUT2D eigenvalue weighted by Crippen LogP contribution is -2.54. The fourth-order valence-corrected chi connectivity index (χ4v) is 4.28. The standard InChI is InChI=1S/C20H20ClNO/c1-13-2-8-16(9-3-13)22-17-10-11-18(19(23)12-17)20(22)14-4-6-15(21)7-5-14/h2-9,17-18,20H,10-12H2,1H3/t17-,18+,20-/m1/s1. The maximum absolute atomic E-state index is 12.5. The van der Waals surface area contributed by atoms with E-state index >= 15 is 0 Å². The Bertz CT molecular complexity index is 722. The zero-order valence-corrected chi connectivity index (χ0v) is 14.0. The van der Waals surface area contributed by atoms with Gasteiger partial charge in [-0.2, -0.15) is 0 Å². The molecule has 23 heavy (non-hydrogen) atoms. The summed E-state index contributed by atoms with van der Waals surface area (Å²) >= 11 is 6.05. The number of aryl methyl sites for hydroxylation is 1. The van der Waals surface area contributed by atoms with E-state index in [1.54, 1.807) is 0 Å². The van der Waals surface area contributed by atoms with Gasteiger partial charge in [-0.25, -0.2) is 0 Å². The zero-order valence-electron chi connectivity index (χ0n) is 13.2. The highest BCUT2D eigenvalue weighted by atomic mass is 35.5. The van der Waals surface area contributed by atoms with Gasteiger partial charge < -0.3 is 4.90 Å². The molecule has 1 saturated carbocycles. The first kappa shape index (κ1) is 14.8. The van der Waals surface area contributed by atoms with Gasteiger partial charge >= 0.3 is 0 Å². The Labute approximate surface area is 142 Å². The molecule has 2 saturated heterocycles. The van der Waals surface area contributed by atoms with Crippen LogP contribution in [0.4, 0.5) is 5.69 Å². The van der Waals surface area contributed by atoms with Crippen molar-refractivity contribution < 1.29 is 4.79 Å². The number of carbonyl (C=O) groups excluding carboxylic acids is 1. The minimum absolute atomic E-state index is 0.0995. The monoisotopic (exact) mass is 325 g/mol. The van der Waals surface area contributed by atoms with Crippen LogP contribution in [0.3, 0.4) is 0 Å². The van der Waals surface area contributed by atoms with Crippen molar-refractivity contribution in [3.8, 4) is 0 Å². The molecule has 3 aliphatic rings. The molecule has 2 aromatic rings. The molecule has 3 atom stereocenters. The number of halogens is 1. The molecule has 2 aliphatic heterocycles. The largest absolute Gasteiger partial charge is 0.360 e. The third-order valence-corrected chi connectivity index (χ3v) is 5.53. The van der Waals surface area contributed by atoms with E-state index in [1.807, 2.05) is 12.1 Å². The molecule has 118 valence electrons. The highest BCUT2D eigenvalue weighted by Crippen LogP contribution is 2.47. The summed E-state index contributed by atoms with van der Waals surface area (Å²) in [6.45, 7) is 2.10. The Morgan fingerprint density at radius 2 is 1.70 bits per heavy atom. The molecule has 3 fully saturated rings. The molecule has 3 heteroatoms. The number of nitrogens with zero attached hydrogens (tertiary/aromatic N) is 1. The normalized spacial score (nSPS) is 26.6. The number of hydrogen-bond acceptors (Lipinski definition) is 2. The van der Waals surface area contributed by atoms with Gasteiger partial charge in [0, 0.05) is 29.1 Å². The fraction of sp³-hybridized carbons (Fsp3) is 0.350. The summed E-state index contributed by atoms with van der Waals surface area (Å²) in [5, 5.41) is 0.739. The Hall–Kier alpha value is -1.80. The smallest absolute Gasteiger partial charge is 0.140 e. The molecule has 0 radical (unpaired) electrons. The number of fused-ring (bicyclic) bond motifs is 3. The van der Waals surface area contributed by atoms with Gasteiger partial charge in [0.15, 0.2) is 0 Å². The van der Waals surface area contributed by atoms with Crippen molar-refractivity contribution in [2.24, 2.45) is 5.92 Å². The Balaban J connectivity index is 1.79. The number of carbonyl (C=O) groups is 1. The number of ketones is 1. The Morgan fingerprint density at radius 3 is 2.35 bits per heavy atom. The van der Waals surface area contributed by atoms with Crippen molar-refractivity contribution in [1.29, 1.82) is 0 Å². The molecule has 2 heterocycles. The van der Waals surface area contributed by atoms with E-state index in [0.717, 1.165) is 17.9 Å². The Morgan fingerprint density at radius 1 is 1.00 bits per heavy atom. The van der Waals surface area contributed by atoms with Crippen LogP contribution >= 0.6 is 11.6 Å². The molecule has 2 aromatic carbocycles. The topological polar surface area (TPSA) is 20.3 Å². The average molecular weight is 326 g/mol. The summed E-state index contributed by atoms with van der Waals surface area (Å²) in [5.74, 6) is 0.520. The minimum atomic E-state index is 0.0995. The first-order chi connectivity index (χ1) is 11.1. The molecule has 0 unspecified atom stereocenters. The van der Waals surface area contributed by atoms with Crippen molar-refractivity contribution in [1.82, 2.24) is 0 Å². The second-order valence-corrected chi connectivity index (χ2v) is 7.18. The molecule has 2 nitrogen and oxygen atoms in total. The number of rotatable bonds is 2.